The number of hydrogen-bond acceptors (Lipinski definition) is 12. The molecule has 6 rings (SSSR count). The van der Waals surface area contributed by atoms with Crippen LogP contribution in [0.2, 0.25) is 0 Å². The van der Waals surface area contributed by atoms with Crippen LogP contribution in [0.15, 0.2) is 23.3 Å². The number of carbonyl (C=O) groups is 6. The van der Waals surface area contributed by atoms with Crippen LogP contribution in [0.3, 0.4) is 0 Å². The average Bonchev–Trinajstić information content (AvgIpc) is 3.72. The van der Waals surface area contributed by atoms with Crippen molar-refractivity contribution in [3.8, 4) is 0 Å². The number of ketones is 1. The van der Waals surface area contributed by atoms with Crippen molar-refractivity contribution in [3.63, 3.8) is 0 Å². The Morgan fingerprint density at radius 3 is 2.24 bits per heavy atom. The number of hydrogen-bond donors (Lipinski definition) is 0. The van der Waals surface area contributed by atoms with Gasteiger partial charge >= 0.3 is 29.8 Å². The molecule has 1 spiro atoms. The summed E-state index contributed by atoms with van der Waals surface area (Å²) in [5.74, 6) is -1.45. The molecule has 3 saturated carbocycles. The van der Waals surface area contributed by atoms with E-state index in [9.17, 15) is 28.8 Å². The van der Waals surface area contributed by atoms with Gasteiger partial charge in [0.05, 0.1) is 57.0 Å². The molecule has 0 N–H and O–H groups in total. The van der Waals surface area contributed by atoms with Crippen molar-refractivity contribution in [3.05, 3.63) is 23.3 Å². The van der Waals surface area contributed by atoms with Crippen molar-refractivity contribution in [2.24, 2.45) is 40.4 Å². The van der Waals surface area contributed by atoms with Gasteiger partial charge in [-0.15, -0.1) is 0 Å². The fourth-order valence-electron chi connectivity index (χ4n) is 10.8. The fourth-order valence-corrected chi connectivity index (χ4v) is 10.8. The van der Waals surface area contributed by atoms with Crippen LogP contribution in [-0.2, 0) is 57.2 Å². The second-order valence-corrected chi connectivity index (χ2v) is 15.7. The van der Waals surface area contributed by atoms with Gasteiger partial charge in [-0.1, -0.05) is 19.4 Å². The molecule has 0 radical (unpaired) electrons. The summed E-state index contributed by atoms with van der Waals surface area (Å²) in [4.78, 5) is 74.8. The van der Waals surface area contributed by atoms with E-state index in [0.717, 1.165) is 37.7 Å². The maximum atomic E-state index is 13.8. The first kappa shape index (κ1) is 36.3. The van der Waals surface area contributed by atoms with Crippen LogP contribution in [-0.4, -0.2) is 80.4 Å². The Kier molecular flexibility index (Phi) is 9.82. The molecular formula is C38H50O12. The topological polar surface area (TPSA) is 161 Å². The molecular weight excluding hydrogens is 648 g/mol. The zero-order valence-electron chi connectivity index (χ0n) is 30.0. The Bertz CT molecular complexity index is 1510. The number of fused-ring (bicyclic) bond motifs is 4. The van der Waals surface area contributed by atoms with Gasteiger partial charge in [0.2, 0.25) is 0 Å². The van der Waals surface area contributed by atoms with Crippen LogP contribution in [0.1, 0.15) is 91.9 Å². The summed E-state index contributed by atoms with van der Waals surface area (Å²) < 4.78 is 32.9. The monoisotopic (exact) mass is 698 g/mol. The molecule has 2 aliphatic heterocycles. The molecule has 0 aromatic heterocycles. The third-order valence-electron chi connectivity index (χ3n) is 13.6. The summed E-state index contributed by atoms with van der Waals surface area (Å²) in [5, 5.41) is 0. The lowest BCUT2D eigenvalue weighted by Gasteiger charge is -2.58. The van der Waals surface area contributed by atoms with Crippen LogP contribution >= 0.6 is 0 Å². The SMILES string of the molecule is COC(=O)CCC(=O)OCC1=C(C)C[C@H]([C@@H](C)[C@H]2CC[C@H]3[C@@H]4C[C@H]5O[C@]56[C@@H](OC(=O)CCC(=O)OC)C=CC(=O)[C@]6(C)[C@H]4CC[C@]23C)OC1=O. The number of rotatable bonds is 11. The molecule has 4 fully saturated rings. The van der Waals surface area contributed by atoms with Crippen LogP contribution < -0.4 is 0 Å². The second-order valence-electron chi connectivity index (χ2n) is 15.7. The van der Waals surface area contributed by atoms with E-state index in [-0.39, 0.29) is 73.5 Å². The molecule has 6 aliphatic rings. The van der Waals surface area contributed by atoms with Crippen molar-refractivity contribution in [1.29, 1.82) is 0 Å². The number of cyclic esters (lactones) is 1. The molecule has 0 aromatic carbocycles. The number of allylic oxidation sites excluding steroid dienone is 1. The standard InChI is InChI=1S/C38H50O12/c1-20-17-27(48-35(44)23(20)19-47-33(42)13-11-31(40)45-5)21(2)24-7-8-25-22-18-30-38(50-30)29(49-34(43)14-12-32(41)46-6)10-9-28(39)37(38,4)26(22)15-16-36(24,25)3/h9-10,21-22,24-27,29-30H,7-8,11-19H2,1-6H3/t21-,22-,24+,25-,26-,27+,29-,30+,36+,37-,38+/m0/s1. The van der Waals surface area contributed by atoms with E-state index in [2.05, 4.69) is 23.3 Å². The van der Waals surface area contributed by atoms with E-state index in [0.29, 0.717) is 23.8 Å². The van der Waals surface area contributed by atoms with Crippen molar-refractivity contribution in [1.82, 2.24) is 0 Å². The minimum absolute atomic E-state index is 0.0153. The highest BCUT2D eigenvalue weighted by atomic mass is 16.7. The average molecular weight is 699 g/mol. The Balaban J connectivity index is 1.12. The molecule has 12 heteroatoms. The van der Waals surface area contributed by atoms with Crippen LogP contribution in [0.4, 0.5) is 0 Å². The van der Waals surface area contributed by atoms with E-state index in [1.807, 2.05) is 13.8 Å². The van der Waals surface area contributed by atoms with E-state index in [1.165, 1.54) is 14.2 Å². The van der Waals surface area contributed by atoms with Crippen LogP contribution in [0.5, 0.6) is 0 Å². The van der Waals surface area contributed by atoms with E-state index in [1.54, 1.807) is 12.2 Å². The summed E-state index contributed by atoms with van der Waals surface area (Å²) in [5.41, 5.74) is -0.563. The summed E-state index contributed by atoms with van der Waals surface area (Å²) >= 11 is 0. The molecule has 12 nitrogen and oxygen atoms in total. The highest BCUT2D eigenvalue weighted by molar-refractivity contribution is 5.98. The van der Waals surface area contributed by atoms with E-state index in [4.69, 9.17) is 18.9 Å². The molecule has 4 aliphatic carbocycles. The molecule has 274 valence electrons. The summed E-state index contributed by atoms with van der Waals surface area (Å²) in [6.07, 6.45) is 6.74. The van der Waals surface area contributed by atoms with E-state index >= 15 is 0 Å². The van der Waals surface area contributed by atoms with Gasteiger partial charge in [-0.2, -0.15) is 0 Å². The van der Waals surface area contributed by atoms with Crippen molar-refractivity contribution in [2.45, 2.75) is 116 Å². The second kappa shape index (κ2) is 13.5. The zero-order chi connectivity index (χ0) is 36.2. The first-order valence-electron chi connectivity index (χ1n) is 18.0. The molecule has 0 bridgehead atoms. The maximum absolute atomic E-state index is 13.8. The Hall–Kier alpha value is -3.54. The van der Waals surface area contributed by atoms with Gasteiger partial charge in [0.25, 0.3) is 0 Å². The zero-order valence-corrected chi connectivity index (χ0v) is 30.0. The quantitative estimate of drug-likeness (QED) is 0.171. The minimum Gasteiger partial charge on any atom is -0.469 e. The summed E-state index contributed by atoms with van der Waals surface area (Å²) in [6, 6.07) is 0. The minimum atomic E-state index is -0.895. The van der Waals surface area contributed by atoms with Crippen molar-refractivity contribution in [2.75, 3.05) is 20.8 Å². The first-order chi connectivity index (χ1) is 23.7. The Morgan fingerprint density at radius 2 is 1.58 bits per heavy atom. The number of esters is 5. The predicted octanol–water partition coefficient (Wildman–Crippen LogP) is 4.36. The van der Waals surface area contributed by atoms with Gasteiger partial charge in [0, 0.05) is 6.42 Å². The maximum Gasteiger partial charge on any atom is 0.337 e. The highest BCUT2D eigenvalue weighted by Crippen LogP contribution is 2.73. The molecule has 50 heavy (non-hydrogen) atoms. The van der Waals surface area contributed by atoms with Gasteiger partial charge in [-0.05, 0) is 93.1 Å². The molecule has 2 heterocycles. The highest BCUT2D eigenvalue weighted by Gasteiger charge is 2.81. The van der Waals surface area contributed by atoms with Crippen LogP contribution in [0, 0.1) is 40.4 Å². The Labute approximate surface area is 292 Å². The number of methoxy groups -OCH3 is 2. The fraction of sp³-hybridized carbons (Fsp3) is 0.737. The molecule has 1 saturated heterocycles. The van der Waals surface area contributed by atoms with Gasteiger partial charge in [0.15, 0.2) is 11.9 Å². The first-order valence-corrected chi connectivity index (χ1v) is 18.0. The lowest BCUT2D eigenvalue weighted by molar-refractivity contribution is -0.168. The third kappa shape index (κ3) is 5.88. The van der Waals surface area contributed by atoms with Gasteiger partial charge in [-0.25, -0.2) is 4.79 Å². The number of carbonyl (C=O) groups excluding carboxylic acids is 6. The predicted molar refractivity (Wildman–Crippen MR) is 175 cm³/mol. The lowest BCUT2D eigenvalue weighted by Crippen LogP contribution is -2.64. The van der Waals surface area contributed by atoms with Gasteiger partial charge in [-0.3, -0.25) is 24.0 Å². The normalized spacial score (nSPS) is 38.8. The van der Waals surface area contributed by atoms with Gasteiger partial charge in [0.1, 0.15) is 18.3 Å². The molecule has 0 unspecified atom stereocenters. The molecule has 0 amide bonds. The van der Waals surface area contributed by atoms with E-state index < -0.39 is 47.0 Å². The Morgan fingerprint density at radius 1 is 0.920 bits per heavy atom. The van der Waals surface area contributed by atoms with Crippen molar-refractivity contribution < 1.29 is 57.2 Å². The summed E-state index contributed by atoms with van der Waals surface area (Å²) in [6.45, 7) is 8.25. The van der Waals surface area contributed by atoms with Crippen molar-refractivity contribution >= 4 is 35.6 Å². The van der Waals surface area contributed by atoms with Crippen LogP contribution in [0.25, 0.3) is 0 Å². The molecule has 0 aromatic rings. The third-order valence-corrected chi connectivity index (χ3v) is 13.6. The lowest BCUT2D eigenvalue weighted by atomic mass is 9.44. The summed E-state index contributed by atoms with van der Waals surface area (Å²) in [7, 11) is 2.53. The molecule has 11 atom stereocenters. The van der Waals surface area contributed by atoms with Gasteiger partial charge < -0.3 is 28.4 Å². The largest absolute Gasteiger partial charge is 0.469 e. The number of ether oxygens (including phenoxy) is 6. The number of epoxide rings is 1. The smallest absolute Gasteiger partial charge is 0.337 e.